The van der Waals surface area contributed by atoms with Crippen LogP contribution in [0.25, 0.3) is 22.6 Å². The van der Waals surface area contributed by atoms with Crippen molar-refractivity contribution in [1.29, 1.82) is 0 Å². The summed E-state index contributed by atoms with van der Waals surface area (Å²) in [4.78, 5) is 20.7. The molecule has 0 aliphatic heterocycles. The highest BCUT2D eigenvalue weighted by molar-refractivity contribution is 5.97. The van der Waals surface area contributed by atoms with Crippen molar-refractivity contribution in [2.45, 2.75) is 6.54 Å². The first-order valence-electron chi connectivity index (χ1n) is 8.03. The third-order valence-corrected chi connectivity index (χ3v) is 3.92. The highest BCUT2D eigenvalue weighted by Crippen LogP contribution is 2.25. The van der Waals surface area contributed by atoms with E-state index < -0.39 is 0 Å². The zero-order valence-electron chi connectivity index (χ0n) is 13.6. The number of carbonyl (C=O) groups excluding carboxylic acids is 1. The molecule has 0 aliphatic carbocycles. The number of hydrogen-bond donors (Lipinski definition) is 1. The van der Waals surface area contributed by atoms with Crippen LogP contribution >= 0.6 is 0 Å². The number of carbonyl (C=O) groups is 1. The van der Waals surface area contributed by atoms with Crippen molar-refractivity contribution >= 4 is 17.0 Å². The standard InChI is InChI=1S/C20H14FN3O2/c21-16-3-1-2-15(10-16)20-24-17-11-14(4-5-18(17)26-20)19(25)23-12-13-6-8-22-9-7-13/h1-11H,12H2,(H,23,25). The number of pyridine rings is 1. The Morgan fingerprint density at radius 1 is 1.08 bits per heavy atom. The third kappa shape index (κ3) is 3.30. The van der Waals surface area contributed by atoms with Gasteiger partial charge in [-0.3, -0.25) is 9.78 Å². The molecule has 1 amide bonds. The highest BCUT2D eigenvalue weighted by atomic mass is 19.1. The lowest BCUT2D eigenvalue weighted by molar-refractivity contribution is 0.0951. The zero-order valence-corrected chi connectivity index (χ0v) is 13.6. The van der Waals surface area contributed by atoms with Crippen LogP contribution in [0.1, 0.15) is 15.9 Å². The number of nitrogens with zero attached hydrogens (tertiary/aromatic N) is 2. The van der Waals surface area contributed by atoms with Gasteiger partial charge in [0.15, 0.2) is 5.58 Å². The number of rotatable bonds is 4. The van der Waals surface area contributed by atoms with E-state index in [2.05, 4.69) is 15.3 Å². The molecule has 5 nitrogen and oxygen atoms in total. The maximum atomic E-state index is 13.4. The highest BCUT2D eigenvalue weighted by Gasteiger charge is 2.12. The van der Waals surface area contributed by atoms with Crippen molar-refractivity contribution in [1.82, 2.24) is 15.3 Å². The van der Waals surface area contributed by atoms with E-state index in [0.717, 1.165) is 5.56 Å². The van der Waals surface area contributed by atoms with E-state index >= 15 is 0 Å². The predicted molar refractivity (Wildman–Crippen MR) is 94.8 cm³/mol. The predicted octanol–water partition coefficient (Wildman–Crippen LogP) is 3.96. The first kappa shape index (κ1) is 16.0. The number of fused-ring (bicyclic) bond motifs is 1. The Kier molecular flexibility index (Phi) is 4.15. The normalized spacial score (nSPS) is 10.8. The van der Waals surface area contributed by atoms with Crippen molar-refractivity contribution in [3.63, 3.8) is 0 Å². The molecule has 1 N–H and O–H groups in total. The second-order valence-electron chi connectivity index (χ2n) is 5.75. The molecular formula is C20H14FN3O2. The Hall–Kier alpha value is -3.54. The lowest BCUT2D eigenvalue weighted by Gasteiger charge is -2.04. The van der Waals surface area contributed by atoms with E-state index in [4.69, 9.17) is 4.42 Å². The lowest BCUT2D eigenvalue weighted by Crippen LogP contribution is -2.22. The summed E-state index contributed by atoms with van der Waals surface area (Å²) in [6.07, 6.45) is 3.35. The van der Waals surface area contributed by atoms with Gasteiger partial charge in [-0.05, 0) is 54.1 Å². The van der Waals surface area contributed by atoms with Crippen LogP contribution in [0, 0.1) is 5.82 Å². The fourth-order valence-corrected chi connectivity index (χ4v) is 2.60. The van der Waals surface area contributed by atoms with Crippen LogP contribution in [0.4, 0.5) is 4.39 Å². The first-order chi connectivity index (χ1) is 12.7. The first-order valence-corrected chi connectivity index (χ1v) is 8.03. The van der Waals surface area contributed by atoms with Crippen LogP contribution in [-0.2, 0) is 6.54 Å². The molecule has 4 rings (SSSR count). The fraction of sp³-hybridized carbons (Fsp3) is 0.0500. The Morgan fingerprint density at radius 2 is 1.92 bits per heavy atom. The molecule has 2 aromatic carbocycles. The smallest absolute Gasteiger partial charge is 0.251 e. The zero-order chi connectivity index (χ0) is 17.9. The second kappa shape index (κ2) is 6.76. The molecule has 0 atom stereocenters. The molecule has 2 aromatic heterocycles. The molecule has 0 radical (unpaired) electrons. The number of aromatic nitrogens is 2. The molecule has 0 unspecified atom stereocenters. The average molecular weight is 347 g/mol. The maximum absolute atomic E-state index is 13.4. The topological polar surface area (TPSA) is 68.0 Å². The summed E-state index contributed by atoms with van der Waals surface area (Å²) in [6.45, 7) is 0.409. The molecule has 0 fully saturated rings. The van der Waals surface area contributed by atoms with E-state index in [1.807, 2.05) is 12.1 Å². The summed E-state index contributed by atoms with van der Waals surface area (Å²) in [6, 6.07) is 14.7. The minimum Gasteiger partial charge on any atom is -0.436 e. The summed E-state index contributed by atoms with van der Waals surface area (Å²) in [5.74, 6) is -0.256. The molecule has 6 heteroatoms. The van der Waals surface area contributed by atoms with Crippen LogP contribution < -0.4 is 5.32 Å². The minimum atomic E-state index is -0.360. The molecule has 0 bridgehead atoms. The van der Waals surface area contributed by atoms with Gasteiger partial charge in [0.25, 0.3) is 5.91 Å². The minimum absolute atomic E-state index is 0.209. The fourth-order valence-electron chi connectivity index (χ4n) is 2.60. The quantitative estimate of drug-likeness (QED) is 0.607. The molecular weight excluding hydrogens is 333 g/mol. The van der Waals surface area contributed by atoms with Gasteiger partial charge in [-0.15, -0.1) is 0 Å². The molecule has 128 valence electrons. The average Bonchev–Trinajstić information content (AvgIpc) is 3.10. The number of amides is 1. The van der Waals surface area contributed by atoms with Gasteiger partial charge in [0.05, 0.1) is 0 Å². The molecule has 0 aliphatic rings. The van der Waals surface area contributed by atoms with Crippen LogP contribution in [0.2, 0.25) is 0 Å². The molecule has 4 aromatic rings. The lowest BCUT2D eigenvalue weighted by atomic mass is 10.2. The molecule has 0 spiro atoms. The monoisotopic (exact) mass is 347 g/mol. The van der Waals surface area contributed by atoms with Gasteiger partial charge >= 0.3 is 0 Å². The van der Waals surface area contributed by atoms with Gasteiger partial charge in [0.1, 0.15) is 11.3 Å². The van der Waals surface area contributed by atoms with Gasteiger partial charge in [0.2, 0.25) is 5.89 Å². The summed E-state index contributed by atoms with van der Waals surface area (Å²) >= 11 is 0. The van der Waals surface area contributed by atoms with Crippen molar-refractivity contribution in [3.05, 3.63) is 83.9 Å². The summed E-state index contributed by atoms with van der Waals surface area (Å²) in [5, 5.41) is 2.85. The van der Waals surface area contributed by atoms with Crippen molar-refractivity contribution in [2.24, 2.45) is 0 Å². The van der Waals surface area contributed by atoms with E-state index in [9.17, 15) is 9.18 Å². The van der Waals surface area contributed by atoms with Gasteiger partial charge in [-0.25, -0.2) is 9.37 Å². The molecule has 26 heavy (non-hydrogen) atoms. The van der Waals surface area contributed by atoms with Gasteiger partial charge in [-0.1, -0.05) is 6.07 Å². The number of hydrogen-bond acceptors (Lipinski definition) is 4. The molecule has 0 saturated heterocycles. The van der Waals surface area contributed by atoms with E-state index in [1.54, 1.807) is 42.7 Å². The molecule has 0 saturated carbocycles. The van der Waals surface area contributed by atoms with Crippen molar-refractivity contribution in [3.8, 4) is 11.5 Å². The third-order valence-electron chi connectivity index (χ3n) is 3.92. The summed E-state index contributed by atoms with van der Waals surface area (Å²) < 4.78 is 19.0. The van der Waals surface area contributed by atoms with Gasteiger partial charge in [0, 0.05) is 30.1 Å². The van der Waals surface area contributed by atoms with Crippen LogP contribution in [-0.4, -0.2) is 15.9 Å². The van der Waals surface area contributed by atoms with E-state index in [-0.39, 0.29) is 11.7 Å². The van der Waals surface area contributed by atoms with Crippen LogP contribution in [0.15, 0.2) is 71.4 Å². The van der Waals surface area contributed by atoms with Gasteiger partial charge in [-0.2, -0.15) is 0 Å². The maximum Gasteiger partial charge on any atom is 0.251 e. The SMILES string of the molecule is O=C(NCc1ccncc1)c1ccc2oc(-c3cccc(F)c3)nc2c1. The second-order valence-corrected chi connectivity index (χ2v) is 5.75. The Bertz CT molecular complexity index is 1080. The van der Waals surface area contributed by atoms with Crippen molar-refractivity contribution in [2.75, 3.05) is 0 Å². The van der Waals surface area contributed by atoms with Crippen LogP contribution in [0.3, 0.4) is 0 Å². The summed E-state index contributed by atoms with van der Waals surface area (Å²) in [5.41, 5.74) is 3.07. The number of oxazole rings is 1. The van der Waals surface area contributed by atoms with Crippen LogP contribution in [0.5, 0.6) is 0 Å². The Morgan fingerprint density at radius 3 is 2.73 bits per heavy atom. The number of benzene rings is 2. The molecule has 2 heterocycles. The van der Waals surface area contributed by atoms with E-state index in [0.29, 0.717) is 34.7 Å². The number of halogens is 1. The number of nitrogens with one attached hydrogen (secondary N) is 1. The van der Waals surface area contributed by atoms with Crippen molar-refractivity contribution < 1.29 is 13.6 Å². The summed E-state index contributed by atoms with van der Waals surface area (Å²) in [7, 11) is 0. The Labute approximate surface area is 148 Å². The van der Waals surface area contributed by atoms with Gasteiger partial charge < -0.3 is 9.73 Å². The van der Waals surface area contributed by atoms with E-state index in [1.165, 1.54) is 12.1 Å². The largest absolute Gasteiger partial charge is 0.436 e. The Balaban J connectivity index is 1.56.